The summed E-state index contributed by atoms with van der Waals surface area (Å²) in [5.74, 6) is -1.02. The van der Waals surface area contributed by atoms with Crippen LogP contribution < -0.4 is 0 Å². The summed E-state index contributed by atoms with van der Waals surface area (Å²) in [6.45, 7) is 5.85. The zero-order valence-corrected chi connectivity index (χ0v) is 13.4. The highest BCUT2D eigenvalue weighted by molar-refractivity contribution is 7.88. The van der Waals surface area contributed by atoms with Crippen molar-refractivity contribution in [1.82, 2.24) is 4.31 Å². The summed E-state index contributed by atoms with van der Waals surface area (Å²) < 4.78 is 26.2. The Kier molecular flexibility index (Phi) is 4.13. The molecule has 1 unspecified atom stereocenters. The highest BCUT2D eigenvalue weighted by atomic mass is 32.2. The summed E-state index contributed by atoms with van der Waals surface area (Å²) in [5, 5.41) is 9.19. The first-order chi connectivity index (χ1) is 9.64. The number of aliphatic carboxylic acids is 1. The fourth-order valence-electron chi connectivity index (χ4n) is 2.53. The van der Waals surface area contributed by atoms with Crippen LogP contribution in [0.1, 0.15) is 30.0 Å². The van der Waals surface area contributed by atoms with Gasteiger partial charge in [-0.3, -0.25) is 4.79 Å². The van der Waals surface area contributed by atoms with Gasteiger partial charge in [-0.1, -0.05) is 18.2 Å². The lowest BCUT2D eigenvalue weighted by Gasteiger charge is -2.20. The smallest absolute Gasteiger partial charge is 0.310 e. The first-order valence-corrected chi connectivity index (χ1v) is 8.52. The van der Waals surface area contributed by atoms with E-state index in [4.69, 9.17) is 0 Å². The van der Waals surface area contributed by atoms with Crippen molar-refractivity contribution in [3.05, 3.63) is 34.9 Å². The van der Waals surface area contributed by atoms with Gasteiger partial charge in [-0.15, -0.1) is 0 Å². The molecule has 1 aromatic rings. The Hall–Kier alpha value is -1.40. The number of sulfonamides is 1. The van der Waals surface area contributed by atoms with E-state index >= 15 is 0 Å². The molecule has 0 saturated carbocycles. The zero-order chi connectivity index (χ0) is 15.8. The Morgan fingerprint density at radius 3 is 2.52 bits per heavy atom. The Labute approximate surface area is 125 Å². The van der Waals surface area contributed by atoms with Crippen LogP contribution in [-0.2, 0) is 20.6 Å². The van der Waals surface area contributed by atoms with Gasteiger partial charge in [0.15, 0.2) is 0 Å². The first kappa shape index (κ1) is 16.0. The SMILES string of the molecule is Cc1ccc(CS(=O)(=O)N2CCC(C)(C(=O)O)C2)cc1C. The van der Waals surface area contributed by atoms with Crippen molar-refractivity contribution in [2.24, 2.45) is 5.41 Å². The molecule has 2 rings (SSSR count). The highest BCUT2D eigenvalue weighted by Gasteiger charge is 2.44. The fraction of sp³-hybridized carbons (Fsp3) is 0.533. The predicted octanol–water partition coefficient (Wildman–Crippen LogP) is 1.93. The van der Waals surface area contributed by atoms with Crippen LogP contribution in [0.2, 0.25) is 0 Å². The van der Waals surface area contributed by atoms with Crippen LogP contribution in [0, 0.1) is 19.3 Å². The molecule has 1 fully saturated rings. The van der Waals surface area contributed by atoms with E-state index in [1.54, 1.807) is 6.92 Å². The second-order valence-electron chi connectivity index (χ2n) is 6.12. The summed E-state index contributed by atoms with van der Waals surface area (Å²) in [6.07, 6.45) is 0.356. The average molecular weight is 311 g/mol. The summed E-state index contributed by atoms with van der Waals surface area (Å²) in [4.78, 5) is 11.2. The van der Waals surface area contributed by atoms with Crippen LogP contribution in [-0.4, -0.2) is 36.9 Å². The minimum Gasteiger partial charge on any atom is -0.481 e. The number of aryl methyl sites for hydroxylation is 2. The summed E-state index contributed by atoms with van der Waals surface area (Å²) in [5.41, 5.74) is 1.94. The number of carboxylic acids is 1. The molecule has 1 aromatic carbocycles. The van der Waals surface area contributed by atoms with E-state index in [1.807, 2.05) is 32.0 Å². The molecule has 1 saturated heterocycles. The van der Waals surface area contributed by atoms with Crippen molar-refractivity contribution in [1.29, 1.82) is 0 Å². The van der Waals surface area contributed by atoms with Crippen LogP contribution in [0.15, 0.2) is 18.2 Å². The van der Waals surface area contributed by atoms with Gasteiger partial charge in [-0.05, 0) is 43.9 Å². The Bertz CT molecular complexity index is 668. The van der Waals surface area contributed by atoms with E-state index in [0.29, 0.717) is 6.42 Å². The molecule has 1 aliphatic heterocycles. The number of benzene rings is 1. The van der Waals surface area contributed by atoms with E-state index in [-0.39, 0.29) is 18.8 Å². The molecule has 5 nitrogen and oxygen atoms in total. The molecule has 116 valence electrons. The van der Waals surface area contributed by atoms with E-state index in [9.17, 15) is 18.3 Å². The molecule has 6 heteroatoms. The van der Waals surface area contributed by atoms with Gasteiger partial charge in [0.2, 0.25) is 10.0 Å². The van der Waals surface area contributed by atoms with Crippen LogP contribution in [0.25, 0.3) is 0 Å². The van der Waals surface area contributed by atoms with Crippen LogP contribution in [0.4, 0.5) is 0 Å². The normalized spacial score (nSPS) is 23.4. The monoisotopic (exact) mass is 311 g/mol. The molecule has 0 spiro atoms. The van der Waals surface area contributed by atoms with Gasteiger partial charge >= 0.3 is 5.97 Å². The molecule has 21 heavy (non-hydrogen) atoms. The van der Waals surface area contributed by atoms with E-state index < -0.39 is 21.4 Å². The Balaban J connectivity index is 2.16. The number of carboxylic acid groups (broad SMARTS) is 1. The van der Waals surface area contributed by atoms with Crippen LogP contribution in [0.3, 0.4) is 0 Å². The standard InChI is InChI=1S/C15H21NO4S/c1-11-4-5-13(8-12(11)2)9-21(19,20)16-7-6-15(3,10-16)14(17)18/h4-5,8H,6-7,9-10H2,1-3H3,(H,17,18). The van der Waals surface area contributed by atoms with Crippen molar-refractivity contribution in [3.8, 4) is 0 Å². The quantitative estimate of drug-likeness (QED) is 0.922. The molecule has 1 atom stereocenters. The topological polar surface area (TPSA) is 74.7 Å². The van der Waals surface area contributed by atoms with Crippen molar-refractivity contribution >= 4 is 16.0 Å². The third-order valence-corrected chi connectivity index (χ3v) is 6.06. The predicted molar refractivity (Wildman–Crippen MR) is 80.5 cm³/mol. The van der Waals surface area contributed by atoms with Crippen LogP contribution >= 0.6 is 0 Å². The Morgan fingerprint density at radius 2 is 2.00 bits per heavy atom. The molecular weight excluding hydrogens is 290 g/mol. The summed E-state index contributed by atoms with van der Waals surface area (Å²) in [7, 11) is -3.48. The maximum Gasteiger partial charge on any atom is 0.310 e. The molecule has 0 radical (unpaired) electrons. The second-order valence-corrected chi connectivity index (χ2v) is 8.09. The number of nitrogens with zero attached hydrogens (tertiary/aromatic N) is 1. The van der Waals surface area contributed by atoms with Gasteiger partial charge in [-0.2, -0.15) is 0 Å². The zero-order valence-electron chi connectivity index (χ0n) is 12.6. The van der Waals surface area contributed by atoms with E-state index in [1.165, 1.54) is 4.31 Å². The van der Waals surface area contributed by atoms with Gasteiger partial charge in [0.05, 0.1) is 11.2 Å². The van der Waals surface area contributed by atoms with Crippen molar-refractivity contribution in [2.75, 3.05) is 13.1 Å². The number of rotatable bonds is 4. The first-order valence-electron chi connectivity index (χ1n) is 6.91. The second kappa shape index (κ2) is 5.42. The lowest BCUT2D eigenvalue weighted by atomic mass is 9.90. The van der Waals surface area contributed by atoms with Gasteiger partial charge in [0, 0.05) is 13.1 Å². The number of hydrogen-bond donors (Lipinski definition) is 1. The van der Waals surface area contributed by atoms with Gasteiger partial charge < -0.3 is 5.11 Å². The average Bonchev–Trinajstić information content (AvgIpc) is 2.79. The largest absolute Gasteiger partial charge is 0.481 e. The number of hydrogen-bond acceptors (Lipinski definition) is 3. The Morgan fingerprint density at radius 1 is 1.33 bits per heavy atom. The lowest BCUT2D eigenvalue weighted by Crippen LogP contribution is -2.35. The fourth-order valence-corrected chi connectivity index (χ4v) is 4.16. The molecule has 0 aliphatic carbocycles. The van der Waals surface area contributed by atoms with Gasteiger partial charge in [0.25, 0.3) is 0 Å². The third kappa shape index (κ3) is 3.27. The third-order valence-electron chi connectivity index (χ3n) is 4.27. The lowest BCUT2D eigenvalue weighted by molar-refractivity contribution is -0.146. The minimum absolute atomic E-state index is 0.0511. The molecule has 1 N–H and O–H groups in total. The highest BCUT2D eigenvalue weighted by Crippen LogP contribution is 2.32. The van der Waals surface area contributed by atoms with Crippen LogP contribution in [0.5, 0.6) is 0 Å². The van der Waals surface area contributed by atoms with Crippen molar-refractivity contribution in [2.45, 2.75) is 32.9 Å². The van der Waals surface area contributed by atoms with E-state index in [0.717, 1.165) is 16.7 Å². The maximum absolute atomic E-state index is 12.4. The molecular formula is C15H21NO4S. The summed E-state index contributed by atoms with van der Waals surface area (Å²) >= 11 is 0. The maximum atomic E-state index is 12.4. The summed E-state index contributed by atoms with van der Waals surface area (Å²) in [6, 6.07) is 5.59. The van der Waals surface area contributed by atoms with Gasteiger partial charge in [-0.25, -0.2) is 12.7 Å². The van der Waals surface area contributed by atoms with Gasteiger partial charge in [0.1, 0.15) is 0 Å². The minimum atomic E-state index is -3.48. The molecule has 1 aliphatic rings. The molecule has 0 bridgehead atoms. The number of carbonyl (C=O) groups is 1. The van der Waals surface area contributed by atoms with Crippen molar-refractivity contribution < 1.29 is 18.3 Å². The molecule has 0 aromatic heterocycles. The molecule has 0 amide bonds. The van der Waals surface area contributed by atoms with Crippen molar-refractivity contribution in [3.63, 3.8) is 0 Å². The molecule has 1 heterocycles. The van der Waals surface area contributed by atoms with E-state index in [2.05, 4.69) is 0 Å².